The highest BCUT2D eigenvalue weighted by Gasteiger charge is 2.40. The Morgan fingerprint density at radius 3 is 2.56 bits per heavy atom. The molecule has 0 bridgehead atoms. The van der Waals surface area contributed by atoms with Gasteiger partial charge in [0.05, 0.1) is 12.1 Å². The molecule has 1 saturated carbocycles. The number of nitrogens with two attached hydrogens (primary N) is 1. The standard InChI is InChI=1S/C13H23N3O2/c1-13(2,3)11(14)12(18)15-8-6-10(17)16(7-8)9-4-5-9/h8-9,11H,4-7,14H2,1-3H3,(H,15,18)/t8?,11-/m1/s1. The van der Waals surface area contributed by atoms with Crippen LogP contribution in [0.15, 0.2) is 0 Å². The zero-order valence-corrected chi connectivity index (χ0v) is 11.4. The molecule has 2 fully saturated rings. The van der Waals surface area contributed by atoms with E-state index in [1.807, 2.05) is 25.7 Å². The van der Waals surface area contributed by atoms with Crippen molar-refractivity contribution in [3.63, 3.8) is 0 Å². The van der Waals surface area contributed by atoms with Crippen molar-refractivity contribution < 1.29 is 9.59 Å². The van der Waals surface area contributed by atoms with Crippen LogP contribution in [0, 0.1) is 5.41 Å². The zero-order chi connectivity index (χ0) is 13.5. The van der Waals surface area contributed by atoms with Crippen molar-refractivity contribution in [3.8, 4) is 0 Å². The number of carbonyl (C=O) groups excluding carboxylic acids is 2. The summed E-state index contributed by atoms with van der Waals surface area (Å²) in [5, 5.41) is 2.90. The van der Waals surface area contributed by atoms with Crippen molar-refractivity contribution in [1.82, 2.24) is 10.2 Å². The van der Waals surface area contributed by atoms with Crippen LogP contribution < -0.4 is 11.1 Å². The number of hydrogen-bond donors (Lipinski definition) is 2. The molecule has 2 rings (SSSR count). The van der Waals surface area contributed by atoms with Crippen molar-refractivity contribution in [2.75, 3.05) is 6.54 Å². The summed E-state index contributed by atoms with van der Waals surface area (Å²) in [5.74, 6) is 0.00470. The number of hydrogen-bond acceptors (Lipinski definition) is 3. The summed E-state index contributed by atoms with van der Waals surface area (Å²) in [6.07, 6.45) is 2.63. The predicted molar refractivity (Wildman–Crippen MR) is 68.7 cm³/mol. The van der Waals surface area contributed by atoms with Gasteiger partial charge in [-0.3, -0.25) is 9.59 Å². The first-order valence-electron chi connectivity index (χ1n) is 6.64. The lowest BCUT2D eigenvalue weighted by Crippen LogP contribution is -2.51. The highest BCUT2D eigenvalue weighted by Crippen LogP contribution is 2.30. The first-order valence-corrected chi connectivity index (χ1v) is 6.64. The van der Waals surface area contributed by atoms with Gasteiger partial charge >= 0.3 is 0 Å². The zero-order valence-electron chi connectivity index (χ0n) is 11.4. The maximum Gasteiger partial charge on any atom is 0.237 e. The molecule has 2 aliphatic rings. The smallest absolute Gasteiger partial charge is 0.237 e. The third-order valence-electron chi connectivity index (χ3n) is 3.71. The second-order valence-corrected chi connectivity index (χ2v) is 6.53. The normalized spacial score (nSPS) is 26.3. The summed E-state index contributed by atoms with van der Waals surface area (Å²) < 4.78 is 0. The number of likely N-dealkylation sites (tertiary alicyclic amines) is 1. The van der Waals surface area contributed by atoms with Crippen molar-refractivity contribution in [2.45, 2.75) is 58.2 Å². The van der Waals surface area contributed by atoms with E-state index in [2.05, 4.69) is 5.32 Å². The van der Waals surface area contributed by atoms with Gasteiger partial charge in [-0.25, -0.2) is 0 Å². The van der Waals surface area contributed by atoms with Crippen LogP contribution in [0.2, 0.25) is 0 Å². The van der Waals surface area contributed by atoms with Gasteiger partial charge in [-0.15, -0.1) is 0 Å². The molecule has 0 aromatic carbocycles. The molecule has 1 heterocycles. The minimum Gasteiger partial charge on any atom is -0.350 e. The van der Waals surface area contributed by atoms with Gasteiger partial charge in [0.2, 0.25) is 11.8 Å². The number of nitrogens with one attached hydrogen (secondary N) is 1. The van der Waals surface area contributed by atoms with E-state index in [1.54, 1.807) is 0 Å². The van der Waals surface area contributed by atoms with Crippen LogP contribution in [0.1, 0.15) is 40.0 Å². The Kier molecular flexibility index (Phi) is 3.36. The molecule has 1 aliphatic carbocycles. The molecule has 2 atom stereocenters. The molecule has 1 aliphatic heterocycles. The topological polar surface area (TPSA) is 75.4 Å². The Morgan fingerprint density at radius 2 is 2.06 bits per heavy atom. The van der Waals surface area contributed by atoms with E-state index in [9.17, 15) is 9.59 Å². The lowest BCUT2D eigenvalue weighted by Gasteiger charge is -2.27. The van der Waals surface area contributed by atoms with E-state index in [-0.39, 0.29) is 23.3 Å². The number of nitrogens with zero attached hydrogens (tertiary/aromatic N) is 1. The van der Waals surface area contributed by atoms with Crippen molar-refractivity contribution in [3.05, 3.63) is 0 Å². The number of carbonyl (C=O) groups is 2. The minimum absolute atomic E-state index is 0.0704. The maximum absolute atomic E-state index is 12.0. The summed E-state index contributed by atoms with van der Waals surface area (Å²) in [6.45, 7) is 6.46. The highest BCUT2D eigenvalue weighted by molar-refractivity contribution is 5.85. The number of rotatable bonds is 3. The third kappa shape index (κ3) is 2.83. The van der Waals surface area contributed by atoms with Crippen molar-refractivity contribution in [2.24, 2.45) is 11.1 Å². The molecule has 0 spiro atoms. The van der Waals surface area contributed by atoms with E-state index >= 15 is 0 Å². The van der Waals surface area contributed by atoms with Crippen LogP contribution >= 0.6 is 0 Å². The van der Waals surface area contributed by atoms with Gasteiger partial charge in [-0.05, 0) is 18.3 Å². The molecule has 0 aromatic heterocycles. The van der Waals surface area contributed by atoms with E-state index in [0.29, 0.717) is 19.0 Å². The second-order valence-electron chi connectivity index (χ2n) is 6.53. The van der Waals surface area contributed by atoms with E-state index in [0.717, 1.165) is 12.8 Å². The van der Waals surface area contributed by atoms with Crippen LogP contribution in [-0.2, 0) is 9.59 Å². The third-order valence-corrected chi connectivity index (χ3v) is 3.71. The molecule has 3 N–H and O–H groups in total. The fraction of sp³-hybridized carbons (Fsp3) is 0.846. The second kappa shape index (κ2) is 4.53. The van der Waals surface area contributed by atoms with Crippen LogP contribution in [0.3, 0.4) is 0 Å². The highest BCUT2D eigenvalue weighted by atomic mass is 16.2. The Labute approximate surface area is 108 Å². The molecule has 1 unspecified atom stereocenters. The maximum atomic E-state index is 12.0. The van der Waals surface area contributed by atoms with E-state index in [4.69, 9.17) is 5.73 Å². The van der Waals surface area contributed by atoms with Crippen molar-refractivity contribution in [1.29, 1.82) is 0 Å². The SMILES string of the molecule is CC(C)(C)[C@H](N)C(=O)NC1CC(=O)N(C2CC2)C1. The van der Waals surface area contributed by atoms with Gasteiger partial charge in [0.25, 0.3) is 0 Å². The van der Waals surface area contributed by atoms with E-state index in [1.165, 1.54) is 0 Å². The number of amides is 2. The average Bonchev–Trinajstić information content (AvgIpc) is 3.02. The lowest BCUT2D eigenvalue weighted by molar-refractivity contribution is -0.128. The van der Waals surface area contributed by atoms with Gasteiger partial charge in [-0.2, -0.15) is 0 Å². The largest absolute Gasteiger partial charge is 0.350 e. The summed E-state index contributed by atoms with van der Waals surface area (Å²) >= 11 is 0. The molecule has 18 heavy (non-hydrogen) atoms. The summed E-state index contributed by atoms with van der Waals surface area (Å²) in [5.41, 5.74) is 5.64. The van der Waals surface area contributed by atoms with Gasteiger partial charge < -0.3 is 16.0 Å². The molecule has 0 aromatic rings. The van der Waals surface area contributed by atoms with Crippen LogP contribution in [0.5, 0.6) is 0 Å². The quantitative estimate of drug-likeness (QED) is 0.756. The van der Waals surface area contributed by atoms with Crippen LogP contribution in [0.25, 0.3) is 0 Å². The average molecular weight is 253 g/mol. The van der Waals surface area contributed by atoms with Gasteiger partial charge in [0, 0.05) is 19.0 Å². The van der Waals surface area contributed by atoms with E-state index < -0.39 is 6.04 Å². The van der Waals surface area contributed by atoms with Crippen LogP contribution in [-0.4, -0.2) is 41.4 Å². The summed E-state index contributed by atoms with van der Waals surface area (Å²) in [7, 11) is 0. The monoisotopic (exact) mass is 253 g/mol. The molecule has 1 saturated heterocycles. The molecule has 0 radical (unpaired) electrons. The Hall–Kier alpha value is -1.10. The lowest BCUT2D eigenvalue weighted by atomic mass is 9.87. The summed E-state index contributed by atoms with van der Waals surface area (Å²) in [6, 6.07) is -0.183. The fourth-order valence-corrected chi connectivity index (χ4v) is 2.25. The minimum atomic E-state index is -0.539. The van der Waals surface area contributed by atoms with Gasteiger partial charge in [0.15, 0.2) is 0 Å². The first kappa shape index (κ1) is 13.3. The molecule has 5 heteroatoms. The summed E-state index contributed by atoms with van der Waals surface area (Å²) in [4.78, 5) is 25.6. The molecule has 5 nitrogen and oxygen atoms in total. The first-order chi connectivity index (χ1) is 8.29. The van der Waals surface area contributed by atoms with Gasteiger partial charge in [-0.1, -0.05) is 20.8 Å². The van der Waals surface area contributed by atoms with Crippen LogP contribution in [0.4, 0.5) is 0 Å². The molecular formula is C13H23N3O2. The van der Waals surface area contributed by atoms with Crippen molar-refractivity contribution >= 4 is 11.8 Å². The van der Waals surface area contributed by atoms with Gasteiger partial charge in [0.1, 0.15) is 0 Å². The Bertz CT molecular complexity index is 358. The molecule has 2 amide bonds. The molecule has 102 valence electrons. The Balaban J connectivity index is 1.87. The molecular weight excluding hydrogens is 230 g/mol. The Morgan fingerprint density at radius 1 is 1.44 bits per heavy atom. The fourth-order valence-electron chi connectivity index (χ4n) is 2.25. The predicted octanol–water partition coefficient (Wildman–Crippen LogP) is 0.239.